The zero-order valence-electron chi connectivity index (χ0n) is 10.5. The van der Waals surface area contributed by atoms with Crippen LogP contribution in [0.15, 0.2) is 17.5 Å². The molecule has 0 unspecified atom stereocenters. The monoisotopic (exact) mass is 264 g/mol. The third-order valence-corrected chi connectivity index (χ3v) is 4.46. The van der Waals surface area contributed by atoms with E-state index in [0.29, 0.717) is 6.54 Å². The molecule has 1 aromatic heterocycles. The first-order valence-electron chi connectivity index (χ1n) is 5.81. The van der Waals surface area contributed by atoms with E-state index in [2.05, 4.69) is 31.3 Å². The maximum atomic E-state index is 12.0. The van der Waals surface area contributed by atoms with Gasteiger partial charge >= 0.3 is 0 Å². The van der Waals surface area contributed by atoms with Crippen molar-refractivity contribution >= 4 is 17.2 Å². The van der Waals surface area contributed by atoms with E-state index in [1.54, 1.807) is 11.3 Å². The van der Waals surface area contributed by atoms with E-state index in [1.807, 2.05) is 11.4 Å². The van der Waals surface area contributed by atoms with Gasteiger partial charge in [-0.25, -0.2) is 0 Å². The van der Waals surface area contributed by atoms with Crippen LogP contribution in [0.25, 0.3) is 0 Å². The molecule has 0 saturated carbocycles. The molecule has 1 N–H and O–H groups in total. The van der Waals surface area contributed by atoms with Crippen molar-refractivity contribution in [3.63, 3.8) is 0 Å². The van der Waals surface area contributed by atoms with Crippen LogP contribution in [0.5, 0.6) is 0 Å². The number of nitrogens with zero attached hydrogens (tertiary/aromatic N) is 1. The normalized spacial score (nSPS) is 17.6. The van der Waals surface area contributed by atoms with E-state index < -0.39 is 5.41 Å². The van der Waals surface area contributed by atoms with Gasteiger partial charge in [-0.1, -0.05) is 19.9 Å². The van der Waals surface area contributed by atoms with Crippen molar-refractivity contribution in [1.29, 1.82) is 5.26 Å². The molecule has 4 nitrogen and oxygen atoms in total. The van der Waals surface area contributed by atoms with Crippen molar-refractivity contribution in [1.82, 2.24) is 5.32 Å². The Morgan fingerprint density at radius 1 is 1.67 bits per heavy atom. The number of hydrogen-bond donors (Lipinski definition) is 1. The standard InChI is InChI=1S/C13H16N2O2S/c1-12(2,10-4-3-5-18-10)7-15-11(16)13(6-14)8-17-9-13/h3-5H,7-9H2,1-2H3,(H,15,16). The first kappa shape index (κ1) is 13.1. The Hall–Kier alpha value is -1.38. The third-order valence-electron chi connectivity index (χ3n) is 3.22. The quantitative estimate of drug-likeness (QED) is 0.900. The molecule has 0 aliphatic carbocycles. The summed E-state index contributed by atoms with van der Waals surface area (Å²) in [6.45, 7) is 5.09. The number of amides is 1. The summed E-state index contributed by atoms with van der Waals surface area (Å²) in [7, 11) is 0. The first-order valence-corrected chi connectivity index (χ1v) is 6.69. The van der Waals surface area contributed by atoms with E-state index in [0.717, 1.165) is 0 Å². The number of thiophene rings is 1. The zero-order valence-corrected chi connectivity index (χ0v) is 11.3. The Balaban J connectivity index is 1.96. The van der Waals surface area contributed by atoms with E-state index in [1.165, 1.54) is 4.88 Å². The molecule has 2 heterocycles. The van der Waals surface area contributed by atoms with Gasteiger partial charge in [0.25, 0.3) is 0 Å². The maximum absolute atomic E-state index is 12.0. The molecule has 5 heteroatoms. The van der Waals surface area contributed by atoms with Crippen LogP contribution in [0.4, 0.5) is 0 Å². The van der Waals surface area contributed by atoms with Crippen LogP contribution in [0.2, 0.25) is 0 Å². The maximum Gasteiger partial charge on any atom is 0.245 e. The van der Waals surface area contributed by atoms with Crippen molar-refractivity contribution in [2.24, 2.45) is 5.41 Å². The summed E-state index contributed by atoms with van der Waals surface area (Å²) in [6, 6.07) is 6.11. The average Bonchev–Trinajstić information content (AvgIpc) is 2.80. The molecule has 18 heavy (non-hydrogen) atoms. The minimum atomic E-state index is -0.967. The van der Waals surface area contributed by atoms with Gasteiger partial charge in [-0.05, 0) is 11.4 Å². The number of carbonyl (C=O) groups is 1. The van der Waals surface area contributed by atoms with Gasteiger partial charge in [0, 0.05) is 16.8 Å². The average molecular weight is 264 g/mol. The summed E-state index contributed by atoms with van der Waals surface area (Å²) in [6.07, 6.45) is 0. The zero-order chi connectivity index (χ0) is 13.2. The number of hydrogen-bond acceptors (Lipinski definition) is 4. The highest BCUT2D eigenvalue weighted by molar-refractivity contribution is 7.10. The lowest BCUT2D eigenvalue weighted by molar-refractivity contribution is -0.150. The summed E-state index contributed by atoms with van der Waals surface area (Å²) in [4.78, 5) is 13.2. The summed E-state index contributed by atoms with van der Waals surface area (Å²) in [5, 5.41) is 13.9. The molecule has 96 valence electrons. The Kier molecular flexibility index (Phi) is 3.42. The number of carbonyl (C=O) groups excluding carboxylic acids is 1. The minimum Gasteiger partial charge on any atom is -0.377 e. The van der Waals surface area contributed by atoms with Gasteiger partial charge in [0.1, 0.15) is 0 Å². The SMILES string of the molecule is CC(C)(CNC(=O)C1(C#N)COC1)c1cccs1. The van der Waals surface area contributed by atoms with Gasteiger partial charge in [-0.15, -0.1) is 11.3 Å². The molecule has 1 aliphatic heterocycles. The van der Waals surface area contributed by atoms with Crippen LogP contribution < -0.4 is 5.32 Å². The number of nitriles is 1. The van der Waals surface area contributed by atoms with E-state index >= 15 is 0 Å². The Bertz CT molecular complexity index is 470. The second-order valence-electron chi connectivity index (χ2n) is 5.23. The van der Waals surface area contributed by atoms with Gasteiger partial charge in [0.15, 0.2) is 5.41 Å². The smallest absolute Gasteiger partial charge is 0.245 e. The second-order valence-corrected chi connectivity index (χ2v) is 6.18. The highest BCUT2D eigenvalue weighted by atomic mass is 32.1. The van der Waals surface area contributed by atoms with Gasteiger partial charge in [-0.2, -0.15) is 5.26 Å². The van der Waals surface area contributed by atoms with E-state index in [4.69, 9.17) is 10.00 Å². The Labute approximate surface area is 111 Å². The predicted molar refractivity (Wildman–Crippen MR) is 69.2 cm³/mol. The molecular formula is C13H16N2O2S. The van der Waals surface area contributed by atoms with Crippen molar-refractivity contribution in [2.75, 3.05) is 19.8 Å². The molecule has 1 saturated heterocycles. The Morgan fingerprint density at radius 3 is 2.83 bits per heavy atom. The molecule has 0 radical (unpaired) electrons. The number of ether oxygens (including phenoxy) is 1. The molecule has 1 fully saturated rings. The number of rotatable bonds is 4. The molecule has 1 aliphatic rings. The van der Waals surface area contributed by atoms with Crippen molar-refractivity contribution in [3.05, 3.63) is 22.4 Å². The number of nitrogens with one attached hydrogen (secondary N) is 1. The van der Waals surface area contributed by atoms with Gasteiger partial charge < -0.3 is 10.1 Å². The molecule has 1 aromatic rings. The topological polar surface area (TPSA) is 62.1 Å². The van der Waals surface area contributed by atoms with Crippen LogP contribution >= 0.6 is 11.3 Å². The van der Waals surface area contributed by atoms with Crippen molar-refractivity contribution in [2.45, 2.75) is 19.3 Å². The fourth-order valence-corrected chi connectivity index (χ4v) is 2.63. The summed E-state index contributed by atoms with van der Waals surface area (Å²) >= 11 is 1.67. The lowest BCUT2D eigenvalue weighted by atomic mass is 9.85. The molecule has 0 aromatic carbocycles. The van der Waals surface area contributed by atoms with Gasteiger partial charge in [-0.3, -0.25) is 4.79 Å². The molecule has 2 rings (SSSR count). The lowest BCUT2D eigenvalue weighted by Gasteiger charge is -2.34. The van der Waals surface area contributed by atoms with Crippen molar-refractivity contribution in [3.8, 4) is 6.07 Å². The summed E-state index contributed by atoms with van der Waals surface area (Å²) in [5.41, 5.74) is -1.09. The molecule has 1 amide bonds. The molecular weight excluding hydrogens is 248 g/mol. The first-order chi connectivity index (χ1) is 8.50. The van der Waals surface area contributed by atoms with Crippen LogP contribution in [-0.2, 0) is 14.9 Å². The predicted octanol–water partition coefficient (Wildman–Crippen LogP) is 1.68. The van der Waals surface area contributed by atoms with Gasteiger partial charge in [0.05, 0.1) is 19.3 Å². The van der Waals surface area contributed by atoms with Crippen LogP contribution in [0, 0.1) is 16.7 Å². The van der Waals surface area contributed by atoms with Gasteiger partial charge in [0.2, 0.25) is 5.91 Å². The van der Waals surface area contributed by atoms with Crippen molar-refractivity contribution < 1.29 is 9.53 Å². The largest absolute Gasteiger partial charge is 0.377 e. The summed E-state index contributed by atoms with van der Waals surface area (Å²) < 4.78 is 4.97. The van der Waals surface area contributed by atoms with E-state index in [9.17, 15) is 4.79 Å². The van der Waals surface area contributed by atoms with Crippen LogP contribution in [-0.4, -0.2) is 25.7 Å². The molecule has 0 bridgehead atoms. The minimum absolute atomic E-state index is 0.120. The highest BCUT2D eigenvalue weighted by Gasteiger charge is 2.46. The fraction of sp³-hybridized carbons (Fsp3) is 0.538. The molecule has 0 spiro atoms. The molecule has 0 atom stereocenters. The third kappa shape index (κ3) is 2.26. The Morgan fingerprint density at radius 2 is 2.39 bits per heavy atom. The lowest BCUT2D eigenvalue weighted by Crippen LogP contribution is -2.54. The van der Waals surface area contributed by atoms with Crippen LogP contribution in [0.1, 0.15) is 18.7 Å². The fourth-order valence-electron chi connectivity index (χ4n) is 1.77. The highest BCUT2D eigenvalue weighted by Crippen LogP contribution is 2.29. The van der Waals surface area contributed by atoms with Crippen LogP contribution in [0.3, 0.4) is 0 Å². The van der Waals surface area contributed by atoms with E-state index in [-0.39, 0.29) is 24.5 Å². The second kappa shape index (κ2) is 4.71. The summed E-state index contributed by atoms with van der Waals surface area (Å²) in [5.74, 6) is -0.221.